The zero-order valence-corrected chi connectivity index (χ0v) is 10.6. The van der Waals surface area contributed by atoms with Crippen LogP contribution < -0.4 is 10.1 Å². The fourth-order valence-electron chi connectivity index (χ4n) is 1.63. The van der Waals surface area contributed by atoms with E-state index in [0.29, 0.717) is 30.0 Å². The molecule has 1 rings (SSSR count). The zero-order chi connectivity index (χ0) is 13.5. The molecule has 1 atom stereocenters. The molecule has 1 unspecified atom stereocenters. The third kappa shape index (κ3) is 3.63. The number of carbonyl (C=O) groups is 1. The molecule has 0 heterocycles. The van der Waals surface area contributed by atoms with E-state index in [0.717, 1.165) is 0 Å². The number of anilines is 1. The van der Waals surface area contributed by atoms with E-state index in [-0.39, 0.29) is 6.61 Å². The summed E-state index contributed by atoms with van der Waals surface area (Å²) >= 11 is 0. The number of benzene rings is 1. The number of hydrogen-bond acceptors (Lipinski definition) is 4. The van der Waals surface area contributed by atoms with E-state index in [1.54, 1.807) is 25.1 Å². The van der Waals surface area contributed by atoms with Crippen molar-refractivity contribution in [1.82, 2.24) is 0 Å². The smallest absolute Gasteiger partial charge is 0.326 e. The summed E-state index contributed by atoms with van der Waals surface area (Å²) in [5, 5.41) is 21.1. The summed E-state index contributed by atoms with van der Waals surface area (Å²) in [5.41, 5.74) is 1.30. The van der Waals surface area contributed by atoms with Gasteiger partial charge in [-0.05, 0) is 31.5 Å². The highest BCUT2D eigenvalue weighted by Gasteiger charge is 2.15. The Labute approximate surface area is 106 Å². The van der Waals surface area contributed by atoms with Crippen LogP contribution in [0.3, 0.4) is 0 Å². The molecule has 0 aromatic heterocycles. The SMILES string of the molecule is CCOc1ccc(NC(CC)C(=O)O)cc1CO. The van der Waals surface area contributed by atoms with Crippen LogP contribution in [0.25, 0.3) is 0 Å². The third-order valence-electron chi connectivity index (χ3n) is 2.58. The van der Waals surface area contributed by atoms with Crippen molar-refractivity contribution in [3.05, 3.63) is 23.8 Å². The van der Waals surface area contributed by atoms with E-state index in [1.807, 2.05) is 6.92 Å². The van der Waals surface area contributed by atoms with Crippen molar-refractivity contribution in [2.75, 3.05) is 11.9 Å². The van der Waals surface area contributed by atoms with E-state index < -0.39 is 12.0 Å². The number of hydrogen-bond donors (Lipinski definition) is 3. The lowest BCUT2D eigenvalue weighted by atomic mass is 10.1. The Bertz CT molecular complexity index is 406. The second kappa shape index (κ2) is 6.86. The van der Waals surface area contributed by atoms with Crippen LogP contribution in [-0.2, 0) is 11.4 Å². The number of carboxylic acid groups (broad SMARTS) is 1. The Morgan fingerprint density at radius 1 is 1.44 bits per heavy atom. The van der Waals surface area contributed by atoms with Gasteiger partial charge in [0.25, 0.3) is 0 Å². The second-order valence-electron chi connectivity index (χ2n) is 3.86. The summed E-state index contributed by atoms with van der Waals surface area (Å²) in [6, 6.07) is 4.55. The molecule has 1 aromatic rings. The Kier molecular flexibility index (Phi) is 5.45. The summed E-state index contributed by atoms with van der Waals surface area (Å²) in [5.74, 6) is -0.272. The van der Waals surface area contributed by atoms with Gasteiger partial charge < -0.3 is 20.3 Å². The molecular formula is C13H19NO4. The summed E-state index contributed by atoms with van der Waals surface area (Å²) < 4.78 is 5.36. The predicted octanol–water partition coefficient (Wildman–Crippen LogP) is 1.85. The van der Waals surface area contributed by atoms with Crippen molar-refractivity contribution in [2.45, 2.75) is 32.9 Å². The summed E-state index contributed by atoms with van der Waals surface area (Å²) in [4.78, 5) is 10.9. The molecule has 18 heavy (non-hydrogen) atoms. The van der Waals surface area contributed by atoms with Gasteiger partial charge in [0.15, 0.2) is 0 Å². The lowest BCUT2D eigenvalue weighted by Crippen LogP contribution is -2.28. The maximum absolute atomic E-state index is 10.9. The fourth-order valence-corrected chi connectivity index (χ4v) is 1.63. The first-order valence-corrected chi connectivity index (χ1v) is 5.98. The lowest BCUT2D eigenvalue weighted by Gasteiger charge is -2.16. The van der Waals surface area contributed by atoms with Gasteiger partial charge in [-0.3, -0.25) is 0 Å². The molecule has 5 nitrogen and oxygen atoms in total. The number of aliphatic carboxylic acids is 1. The molecule has 3 N–H and O–H groups in total. The molecule has 0 amide bonds. The molecule has 100 valence electrons. The van der Waals surface area contributed by atoms with Gasteiger partial charge in [0.05, 0.1) is 13.2 Å². The average molecular weight is 253 g/mol. The topological polar surface area (TPSA) is 78.8 Å². The van der Waals surface area contributed by atoms with Crippen LogP contribution >= 0.6 is 0 Å². The van der Waals surface area contributed by atoms with Crippen molar-refractivity contribution in [2.24, 2.45) is 0 Å². The minimum Gasteiger partial charge on any atom is -0.494 e. The largest absolute Gasteiger partial charge is 0.494 e. The maximum Gasteiger partial charge on any atom is 0.326 e. The fraction of sp³-hybridized carbons (Fsp3) is 0.462. The van der Waals surface area contributed by atoms with Crippen LogP contribution in [0.15, 0.2) is 18.2 Å². The van der Waals surface area contributed by atoms with Crippen LogP contribution in [0.5, 0.6) is 5.75 Å². The summed E-state index contributed by atoms with van der Waals surface area (Å²) in [7, 11) is 0. The molecule has 0 aliphatic carbocycles. The van der Waals surface area contributed by atoms with Crippen LogP contribution in [0.1, 0.15) is 25.8 Å². The Hall–Kier alpha value is -1.75. The van der Waals surface area contributed by atoms with Gasteiger partial charge in [0, 0.05) is 11.3 Å². The highest BCUT2D eigenvalue weighted by atomic mass is 16.5. The van der Waals surface area contributed by atoms with E-state index in [2.05, 4.69) is 5.32 Å². The molecule has 0 saturated heterocycles. The number of ether oxygens (including phenoxy) is 1. The quantitative estimate of drug-likeness (QED) is 0.691. The van der Waals surface area contributed by atoms with Gasteiger partial charge in [0.1, 0.15) is 11.8 Å². The highest BCUT2D eigenvalue weighted by Crippen LogP contribution is 2.23. The van der Waals surface area contributed by atoms with Crippen LogP contribution in [0, 0.1) is 0 Å². The van der Waals surface area contributed by atoms with Gasteiger partial charge in [-0.2, -0.15) is 0 Å². The number of nitrogens with one attached hydrogen (secondary N) is 1. The first-order valence-electron chi connectivity index (χ1n) is 5.98. The first-order chi connectivity index (χ1) is 8.62. The van der Waals surface area contributed by atoms with E-state index >= 15 is 0 Å². The summed E-state index contributed by atoms with van der Waals surface area (Å²) in [6.07, 6.45) is 0.483. The minimum atomic E-state index is -0.892. The van der Waals surface area contributed by atoms with Crippen LogP contribution in [0.4, 0.5) is 5.69 Å². The number of rotatable bonds is 7. The molecule has 0 saturated carbocycles. The normalized spacial score (nSPS) is 11.9. The molecule has 0 spiro atoms. The Morgan fingerprint density at radius 2 is 2.17 bits per heavy atom. The predicted molar refractivity (Wildman–Crippen MR) is 68.9 cm³/mol. The molecule has 0 fully saturated rings. The second-order valence-corrected chi connectivity index (χ2v) is 3.86. The van der Waals surface area contributed by atoms with Crippen molar-refractivity contribution < 1.29 is 19.7 Å². The zero-order valence-electron chi connectivity index (χ0n) is 10.6. The molecule has 0 bridgehead atoms. The van der Waals surface area contributed by atoms with Crippen LogP contribution in [-0.4, -0.2) is 28.8 Å². The third-order valence-corrected chi connectivity index (χ3v) is 2.58. The number of carboxylic acids is 1. The van der Waals surface area contributed by atoms with Crippen molar-refractivity contribution >= 4 is 11.7 Å². The van der Waals surface area contributed by atoms with Crippen molar-refractivity contribution in [3.63, 3.8) is 0 Å². The van der Waals surface area contributed by atoms with Crippen LogP contribution in [0.2, 0.25) is 0 Å². The molecule has 0 aliphatic heterocycles. The van der Waals surface area contributed by atoms with Crippen molar-refractivity contribution in [3.8, 4) is 5.75 Å². The molecule has 0 aliphatic rings. The maximum atomic E-state index is 10.9. The van der Waals surface area contributed by atoms with Gasteiger partial charge in [-0.15, -0.1) is 0 Å². The standard InChI is InChI=1S/C13H19NO4/c1-3-11(13(16)17)14-10-5-6-12(18-4-2)9(7-10)8-15/h5-7,11,14-15H,3-4,8H2,1-2H3,(H,16,17). The Morgan fingerprint density at radius 3 is 2.67 bits per heavy atom. The molecule has 1 aromatic carbocycles. The van der Waals surface area contributed by atoms with Crippen molar-refractivity contribution in [1.29, 1.82) is 0 Å². The average Bonchev–Trinajstić information content (AvgIpc) is 2.37. The highest BCUT2D eigenvalue weighted by molar-refractivity contribution is 5.77. The minimum absolute atomic E-state index is 0.144. The first kappa shape index (κ1) is 14.3. The van der Waals surface area contributed by atoms with Gasteiger partial charge in [0.2, 0.25) is 0 Å². The van der Waals surface area contributed by atoms with E-state index in [1.165, 1.54) is 0 Å². The number of aliphatic hydroxyl groups excluding tert-OH is 1. The number of aliphatic hydroxyl groups is 1. The molecule has 0 radical (unpaired) electrons. The van der Waals surface area contributed by atoms with E-state index in [9.17, 15) is 9.90 Å². The Balaban J connectivity index is 2.87. The lowest BCUT2D eigenvalue weighted by molar-refractivity contribution is -0.137. The summed E-state index contributed by atoms with van der Waals surface area (Å²) in [6.45, 7) is 4.04. The molecular weight excluding hydrogens is 234 g/mol. The van der Waals surface area contributed by atoms with Gasteiger partial charge >= 0.3 is 5.97 Å². The van der Waals surface area contributed by atoms with Gasteiger partial charge in [-0.25, -0.2) is 4.79 Å². The molecule has 5 heteroatoms. The van der Waals surface area contributed by atoms with E-state index in [4.69, 9.17) is 9.84 Å². The monoisotopic (exact) mass is 253 g/mol. The van der Waals surface area contributed by atoms with Gasteiger partial charge in [-0.1, -0.05) is 6.92 Å².